The maximum Gasteiger partial charge on any atom is 0.317 e. The maximum atomic E-state index is 12.2. The molecule has 0 bridgehead atoms. The molecular weight excluding hydrogens is 226 g/mol. The van der Waals surface area contributed by atoms with Crippen LogP contribution >= 0.6 is 0 Å². The van der Waals surface area contributed by atoms with E-state index in [4.69, 9.17) is 0 Å². The van der Waals surface area contributed by atoms with Gasteiger partial charge in [-0.25, -0.2) is 4.79 Å². The number of piperazine rings is 1. The average molecular weight is 253 g/mol. The zero-order valence-corrected chi connectivity index (χ0v) is 11.8. The average Bonchev–Trinajstić information content (AvgIpc) is 2.38. The molecule has 0 spiro atoms. The van der Waals surface area contributed by atoms with Crippen molar-refractivity contribution in [2.45, 2.75) is 58.0 Å². The van der Waals surface area contributed by atoms with Gasteiger partial charge in [0, 0.05) is 31.7 Å². The van der Waals surface area contributed by atoms with E-state index in [0.717, 1.165) is 32.5 Å². The quantitative estimate of drug-likeness (QED) is 0.781. The molecule has 2 rings (SSSR count). The van der Waals surface area contributed by atoms with Gasteiger partial charge in [0.1, 0.15) is 0 Å². The standard InChI is InChI=1S/C14H27N3O/c1-3-4-8-15-14(18)17-11-13-7-5-6-9-16(13)10-12(17)2/h12-13H,3-11H2,1-2H3,(H,15,18). The summed E-state index contributed by atoms with van der Waals surface area (Å²) in [5.41, 5.74) is 0. The third-order valence-corrected chi connectivity index (χ3v) is 4.25. The molecule has 2 atom stereocenters. The van der Waals surface area contributed by atoms with E-state index in [-0.39, 0.29) is 6.03 Å². The summed E-state index contributed by atoms with van der Waals surface area (Å²) in [4.78, 5) is 16.8. The number of unbranched alkanes of at least 4 members (excludes halogenated alkanes) is 1. The minimum absolute atomic E-state index is 0.140. The molecule has 2 heterocycles. The van der Waals surface area contributed by atoms with Gasteiger partial charge in [0.2, 0.25) is 0 Å². The van der Waals surface area contributed by atoms with Crippen molar-refractivity contribution in [1.29, 1.82) is 0 Å². The lowest BCUT2D eigenvalue weighted by Gasteiger charge is -2.47. The summed E-state index contributed by atoms with van der Waals surface area (Å²) >= 11 is 0. The molecule has 0 radical (unpaired) electrons. The topological polar surface area (TPSA) is 35.6 Å². The minimum Gasteiger partial charge on any atom is -0.338 e. The lowest BCUT2D eigenvalue weighted by atomic mass is 9.97. The van der Waals surface area contributed by atoms with Crippen LogP contribution in [0.15, 0.2) is 0 Å². The van der Waals surface area contributed by atoms with Gasteiger partial charge < -0.3 is 10.2 Å². The van der Waals surface area contributed by atoms with E-state index in [2.05, 4.69) is 24.1 Å². The fraction of sp³-hybridized carbons (Fsp3) is 0.929. The van der Waals surface area contributed by atoms with Gasteiger partial charge in [-0.15, -0.1) is 0 Å². The van der Waals surface area contributed by atoms with Gasteiger partial charge in [-0.05, 0) is 32.7 Å². The normalized spacial score (nSPS) is 28.9. The zero-order valence-electron chi connectivity index (χ0n) is 11.8. The van der Waals surface area contributed by atoms with E-state index >= 15 is 0 Å². The van der Waals surface area contributed by atoms with Gasteiger partial charge >= 0.3 is 6.03 Å². The highest BCUT2D eigenvalue weighted by Gasteiger charge is 2.34. The molecule has 0 aromatic carbocycles. The van der Waals surface area contributed by atoms with Crippen molar-refractivity contribution in [2.24, 2.45) is 0 Å². The monoisotopic (exact) mass is 253 g/mol. The second-order valence-corrected chi connectivity index (χ2v) is 5.73. The summed E-state index contributed by atoms with van der Waals surface area (Å²) in [5, 5.41) is 3.05. The third-order valence-electron chi connectivity index (χ3n) is 4.25. The number of nitrogens with one attached hydrogen (secondary N) is 1. The molecule has 2 fully saturated rings. The summed E-state index contributed by atoms with van der Waals surface area (Å²) in [6, 6.07) is 1.09. The van der Waals surface area contributed by atoms with Crippen molar-refractivity contribution in [3.8, 4) is 0 Å². The van der Waals surface area contributed by atoms with E-state index in [1.807, 2.05) is 4.90 Å². The number of carbonyl (C=O) groups excluding carboxylic acids is 1. The molecule has 2 saturated heterocycles. The van der Waals surface area contributed by atoms with Gasteiger partial charge in [-0.1, -0.05) is 19.8 Å². The largest absolute Gasteiger partial charge is 0.338 e. The molecule has 2 aliphatic heterocycles. The number of nitrogens with zero attached hydrogens (tertiary/aromatic N) is 2. The van der Waals surface area contributed by atoms with E-state index in [9.17, 15) is 4.79 Å². The van der Waals surface area contributed by atoms with E-state index in [1.54, 1.807) is 0 Å². The van der Waals surface area contributed by atoms with Gasteiger partial charge in [0.25, 0.3) is 0 Å². The van der Waals surface area contributed by atoms with Crippen molar-refractivity contribution in [3.63, 3.8) is 0 Å². The van der Waals surface area contributed by atoms with Gasteiger partial charge in [-0.3, -0.25) is 4.90 Å². The molecular formula is C14H27N3O. The molecule has 18 heavy (non-hydrogen) atoms. The number of piperidine rings is 1. The fourth-order valence-corrected chi connectivity index (χ4v) is 3.11. The Morgan fingerprint density at radius 2 is 2.17 bits per heavy atom. The Balaban J connectivity index is 1.86. The molecule has 0 aromatic heterocycles. The Kier molecular flexibility index (Phi) is 4.87. The Hall–Kier alpha value is -0.770. The molecule has 4 nitrogen and oxygen atoms in total. The van der Waals surface area contributed by atoms with Crippen LogP contribution < -0.4 is 5.32 Å². The molecule has 0 aliphatic carbocycles. The Morgan fingerprint density at radius 3 is 2.94 bits per heavy atom. The second-order valence-electron chi connectivity index (χ2n) is 5.73. The van der Waals surface area contributed by atoms with Gasteiger partial charge in [0.15, 0.2) is 0 Å². The molecule has 2 aliphatic rings. The van der Waals surface area contributed by atoms with Crippen LogP contribution in [-0.2, 0) is 0 Å². The number of hydrogen-bond acceptors (Lipinski definition) is 2. The fourth-order valence-electron chi connectivity index (χ4n) is 3.11. The summed E-state index contributed by atoms with van der Waals surface area (Å²) in [7, 11) is 0. The second kappa shape index (κ2) is 6.41. The highest BCUT2D eigenvalue weighted by molar-refractivity contribution is 5.74. The van der Waals surface area contributed by atoms with Crippen LogP contribution in [-0.4, -0.2) is 54.1 Å². The van der Waals surface area contributed by atoms with E-state index in [1.165, 1.54) is 25.8 Å². The predicted molar refractivity (Wildman–Crippen MR) is 73.7 cm³/mol. The highest BCUT2D eigenvalue weighted by atomic mass is 16.2. The van der Waals surface area contributed by atoms with Crippen LogP contribution in [0.1, 0.15) is 46.0 Å². The maximum absolute atomic E-state index is 12.2. The van der Waals surface area contributed by atoms with Crippen LogP contribution in [0.3, 0.4) is 0 Å². The number of hydrogen-bond donors (Lipinski definition) is 1. The number of fused-ring (bicyclic) bond motifs is 1. The molecule has 2 amide bonds. The minimum atomic E-state index is 0.140. The molecule has 104 valence electrons. The number of carbonyl (C=O) groups is 1. The van der Waals surface area contributed by atoms with Crippen molar-refractivity contribution >= 4 is 6.03 Å². The zero-order chi connectivity index (χ0) is 13.0. The summed E-state index contributed by atoms with van der Waals surface area (Å²) in [6.45, 7) is 8.32. The van der Waals surface area contributed by atoms with Crippen molar-refractivity contribution in [1.82, 2.24) is 15.1 Å². The smallest absolute Gasteiger partial charge is 0.317 e. The van der Waals surface area contributed by atoms with E-state index in [0.29, 0.717) is 12.1 Å². The Morgan fingerprint density at radius 1 is 1.33 bits per heavy atom. The van der Waals surface area contributed by atoms with E-state index < -0.39 is 0 Å². The van der Waals surface area contributed by atoms with Crippen molar-refractivity contribution in [3.05, 3.63) is 0 Å². The summed E-state index contributed by atoms with van der Waals surface area (Å²) < 4.78 is 0. The van der Waals surface area contributed by atoms with Crippen LogP contribution in [0.5, 0.6) is 0 Å². The predicted octanol–water partition coefficient (Wildman–Crippen LogP) is 2.05. The SMILES string of the molecule is CCCCNC(=O)N1CC2CCCCN2CC1C. The van der Waals surface area contributed by atoms with Crippen molar-refractivity contribution in [2.75, 3.05) is 26.2 Å². The van der Waals surface area contributed by atoms with Gasteiger partial charge in [-0.2, -0.15) is 0 Å². The van der Waals surface area contributed by atoms with Gasteiger partial charge in [0.05, 0.1) is 0 Å². The summed E-state index contributed by atoms with van der Waals surface area (Å²) in [6.07, 6.45) is 6.11. The lowest BCUT2D eigenvalue weighted by molar-refractivity contribution is 0.0346. The first-order valence-electron chi connectivity index (χ1n) is 7.51. The molecule has 4 heteroatoms. The van der Waals surface area contributed by atoms with Crippen LogP contribution in [0.2, 0.25) is 0 Å². The Labute approximate surface area is 111 Å². The molecule has 2 unspecified atom stereocenters. The first kappa shape index (κ1) is 13.7. The van der Waals surface area contributed by atoms with Crippen LogP contribution in [0.25, 0.3) is 0 Å². The lowest BCUT2D eigenvalue weighted by Crippen LogP contribution is -2.61. The number of urea groups is 1. The molecule has 1 N–H and O–H groups in total. The number of amides is 2. The Bertz CT molecular complexity index is 282. The first-order valence-corrected chi connectivity index (χ1v) is 7.51. The van der Waals surface area contributed by atoms with Crippen LogP contribution in [0, 0.1) is 0 Å². The highest BCUT2D eigenvalue weighted by Crippen LogP contribution is 2.23. The third kappa shape index (κ3) is 3.16. The van der Waals surface area contributed by atoms with Crippen molar-refractivity contribution < 1.29 is 4.79 Å². The first-order chi connectivity index (χ1) is 8.72. The van der Waals surface area contributed by atoms with Crippen LogP contribution in [0.4, 0.5) is 4.79 Å². The molecule has 0 saturated carbocycles. The number of rotatable bonds is 3. The molecule has 0 aromatic rings. The summed E-state index contributed by atoms with van der Waals surface area (Å²) in [5.74, 6) is 0.